The first-order valence-corrected chi connectivity index (χ1v) is 21.4. The molecule has 3 N–H and O–H groups in total. The lowest BCUT2D eigenvalue weighted by Crippen LogP contribution is -2.66. The van der Waals surface area contributed by atoms with Gasteiger partial charge >= 0.3 is 11.9 Å². The molecule has 300 valence electrons. The van der Waals surface area contributed by atoms with Gasteiger partial charge in [0.15, 0.2) is 5.78 Å². The molecular weight excluding hydrogens is 665 g/mol. The van der Waals surface area contributed by atoms with Crippen molar-refractivity contribution in [2.45, 2.75) is 158 Å². The second-order valence-electron chi connectivity index (χ2n) is 21.2. The topological polar surface area (TPSA) is 116 Å². The molecule has 0 spiro atoms. The summed E-state index contributed by atoms with van der Waals surface area (Å²) in [6.45, 7) is 23.3. The lowest BCUT2D eigenvalue weighted by atomic mass is 9.33. The minimum atomic E-state index is -1.16. The van der Waals surface area contributed by atoms with Gasteiger partial charge in [-0.3, -0.25) is 19.3 Å². The van der Waals surface area contributed by atoms with Crippen molar-refractivity contribution in [2.75, 3.05) is 33.2 Å². The van der Waals surface area contributed by atoms with Crippen LogP contribution < -0.4 is 5.32 Å². The fourth-order valence-electron chi connectivity index (χ4n) is 13.9. The summed E-state index contributed by atoms with van der Waals surface area (Å²) in [6, 6.07) is 0. The number of carboxylic acids is 1. The largest absolute Gasteiger partial charge is 0.481 e. The summed E-state index contributed by atoms with van der Waals surface area (Å²) in [6.07, 6.45) is 11.5. The Kier molecular flexibility index (Phi) is 11.0. The molecule has 53 heavy (non-hydrogen) atoms. The van der Waals surface area contributed by atoms with Crippen molar-refractivity contribution in [3.8, 4) is 0 Å². The lowest BCUT2D eigenvalue weighted by Gasteiger charge is -2.72. The van der Waals surface area contributed by atoms with Gasteiger partial charge in [-0.05, 0) is 137 Å². The number of aliphatic hydroxyl groups is 1. The third-order valence-electron chi connectivity index (χ3n) is 17.4. The second-order valence-corrected chi connectivity index (χ2v) is 21.2. The summed E-state index contributed by atoms with van der Waals surface area (Å²) in [7, 11) is 2.00. The molecule has 0 aromatic rings. The predicted octanol–water partition coefficient (Wildman–Crippen LogP) is 8.06. The number of Topliss-reactive ketones (excluding diaryl/α,β-unsaturated/α-hetero) is 1. The first-order chi connectivity index (χ1) is 24.7. The van der Waals surface area contributed by atoms with E-state index in [0.717, 1.165) is 82.5 Å². The van der Waals surface area contributed by atoms with E-state index in [0.29, 0.717) is 24.8 Å². The van der Waals surface area contributed by atoms with Crippen molar-refractivity contribution < 1.29 is 29.3 Å². The maximum absolute atomic E-state index is 14.2. The number of carboxylic acid groups (broad SMARTS) is 1. The maximum Gasteiger partial charge on any atom is 0.309 e. The number of carbonyl (C=O) groups is 3. The molecule has 8 heteroatoms. The van der Waals surface area contributed by atoms with Gasteiger partial charge in [0.05, 0.1) is 17.9 Å². The number of rotatable bonds is 13. The minimum Gasteiger partial charge on any atom is -0.481 e. The molecule has 0 bridgehead atoms. The van der Waals surface area contributed by atoms with E-state index in [1.165, 1.54) is 24.8 Å². The van der Waals surface area contributed by atoms with Gasteiger partial charge in [0.1, 0.15) is 6.10 Å². The molecule has 0 radical (unpaired) electrons. The van der Waals surface area contributed by atoms with Gasteiger partial charge in [-0.1, -0.05) is 60.5 Å². The smallest absolute Gasteiger partial charge is 0.309 e. The van der Waals surface area contributed by atoms with Crippen LogP contribution in [0.3, 0.4) is 0 Å². The number of hydrogen-bond donors (Lipinski definition) is 3. The van der Waals surface area contributed by atoms with Crippen LogP contribution in [0.2, 0.25) is 0 Å². The molecule has 9 atom stereocenters. The van der Waals surface area contributed by atoms with E-state index in [9.17, 15) is 24.6 Å². The Morgan fingerprint density at radius 2 is 1.64 bits per heavy atom. The first-order valence-electron chi connectivity index (χ1n) is 21.4. The molecule has 9 unspecified atom stereocenters. The number of nitrogens with one attached hydrogen (secondary N) is 1. The minimum absolute atomic E-state index is 0.0147. The molecule has 6 aliphatic rings. The molecule has 8 nitrogen and oxygen atoms in total. The quantitative estimate of drug-likeness (QED) is 0.163. The van der Waals surface area contributed by atoms with Gasteiger partial charge < -0.3 is 20.3 Å². The first kappa shape index (κ1) is 40.9. The highest BCUT2D eigenvalue weighted by Crippen LogP contribution is 2.77. The van der Waals surface area contributed by atoms with Gasteiger partial charge in [0, 0.05) is 43.4 Å². The summed E-state index contributed by atoms with van der Waals surface area (Å²) in [5.41, 5.74) is 0.703. The van der Waals surface area contributed by atoms with Crippen molar-refractivity contribution in [2.24, 2.45) is 62.1 Å². The summed E-state index contributed by atoms with van der Waals surface area (Å²) < 4.78 is 6.19. The highest BCUT2D eigenvalue weighted by molar-refractivity contribution is 6.00. The van der Waals surface area contributed by atoms with Crippen molar-refractivity contribution in [3.63, 3.8) is 0 Å². The molecule has 5 fully saturated rings. The average molecular weight is 739 g/mol. The number of nitrogens with zero attached hydrogens (tertiary/aromatic N) is 1. The normalized spacial score (nSPS) is 38.8. The zero-order valence-corrected chi connectivity index (χ0v) is 35.0. The Bertz CT molecular complexity index is 1460. The van der Waals surface area contributed by atoms with Crippen molar-refractivity contribution in [3.05, 3.63) is 11.1 Å². The number of carbonyl (C=O) groups excluding carboxylic acids is 2. The molecule has 0 heterocycles. The summed E-state index contributed by atoms with van der Waals surface area (Å²) >= 11 is 0. The summed E-state index contributed by atoms with van der Waals surface area (Å²) in [5, 5.41) is 25.5. The Balaban J connectivity index is 1.28. The molecule has 6 rings (SSSR count). The molecule has 5 saturated carbocycles. The molecule has 0 aromatic carbocycles. The molecule has 0 aromatic heterocycles. The van der Waals surface area contributed by atoms with Crippen LogP contribution in [0.5, 0.6) is 0 Å². The number of esters is 1. The van der Waals surface area contributed by atoms with E-state index in [-0.39, 0.29) is 51.8 Å². The number of aliphatic hydroxyl groups excluding tert-OH is 1. The van der Waals surface area contributed by atoms with Crippen LogP contribution in [-0.2, 0) is 19.1 Å². The van der Waals surface area contributed by atoms with Crippen LogP contribution in [0.4, 0.5) is 0 Å². The van der Waals surface area contributed by atoms with E-state index in [4.69, 9.17) is 4.74 Å². The van der Waals surface area contributed by atoms with Crippen LogP contribution in [-0.4, -0.2) is 78.3 Å². The Morgan fingerprint density at radius 1 is 0.943 bits per heavy atom. The number of ketones is 1. The molecule has 6 aliphatic carbocycles. The van der Waals surface area contributed by atoms with Crippen molar-refractivity contribution in [1.29, 1.82) is 0 Å². The third-order valence-corrected chi connectivity index (χ3v) is 17.4. The van der Waals surface area contributed by atoms with Gasteiger partial charge in [-0.25, -0.2) is 0 Å². The van der Waals surface area contributed by atoms with Crippen LogP contribution in [0.15, 0.2) is 11.1 Å². The van der Waals surface area contributed by atoms with Crippen molar-refractivity contribution >= 4 is 17.7 Å². The lowest BCUT2D eigenvalue weighted by molar-refractivity contribution is -0.235. The number of ether oxygens (including phenoxy) is 1. The highest BCUT2D eigenvalue weighted by atomic mass is 16.5. The number of aliphatic carboxylic acids is 1. The predicted molar refractivity (Wildman–Crippen MR) is 209 cm³/mol. The number of allylic oxidation sites excluding steroid dienone is 1. The van der Waals surface area contributed by atoms with Gasteiger partial charge in [-0.15, -0.1) is 0 Å². The van der Waals surface area contributed by atoms with E-state index >= 15 is 0 Å². The van der Waals surface area contributed by atoms with Crippen LogP contribution in [0.1, 0.15) is 146 Å². The molecule has 0 aliphatic heterocycles. The van der Waals surface area contributed by atoms with Crippen LogP contribution >= 0.6 is 0 Å². The standard InChI is InChI=1S/C45H74N2O6/c1-28(2)37-31(48)24-45(34(49)27-47(23-22-46-10)26-29-12-11-13-29)21-20-43(8)30(38(37)45)14-15-33-42(7)18-17-35(53-36(50)25-40(3,4)39(51)52)41(5,6)32(42)16-19-44(33,43)9/h28-30,32-35,46,49H,11-27H2,1-10H3,(H,51,52). The zero-order valence-electron chi connectivity index (χ0n) is 35.0. The number of hydrogen-bond acceptors (Lipinski definition) is 7. The second kappa shape index (κ2) is 14.3. The van der Waals surface area contributed by atoms with E-state index < -0.39 is 28.9 Å². The van der Waals surface area contributed by atoms with E-state index in [1.807, 2.05) is 7.05 Å². The van der Waals surface area contributed by atoms with Gasteiger partial charge in [-0.2, -0.15) is 0 Å². The zero-order chi connectivity index (χ0) is 38.9. The maximum atomic E-state index is 14.2. The average Bonchev–Trinajstić information content (AvgIpc) is 3.36. The fourth-order valence-corrected chi connectivity index (χ4v) is 13.9. The van der Waals surface area contributed by atoms with Gasteiger partial charge in [0.2, 0.25) is 0 Å². The van der Waals surface area contributed by atoms with Crippen molar-refractivity contribution in [1.82, 2.24) is 10.2 Å². The monoisotopic (exact) mass is 739 g/mol. The number of likely N-dealkylation sites (N-methyl/N-ethyl adjacent to an activating group) is 1. The summed E-state index contributed by atoms with van der Waals surface area (Å²) in [4.78, 5) is 41.6. The Hall–Kier alpha value is -1.77. The van der Waals surface area contributed by atoms with Gasteiger partial charge in [0.25, 0.3) is 0 Å². The highest BCUT2D eigenvalue weighted by Gasteiger charge is 2.71. The Morgan fingerprint density at radius 3 is 2.25 bits per heavy atom. The third kappa shape index (κ3) is 6.58. The Labute approximate surface area is 321 Å². The summed E-state index contributed by atoms with van der Waals surface area (Å²) in [5.74, 6) is 0.935. The van der Waals surface area contributed by atoms with E-state index in [2.05, 4.69) is 58.7 Å². The molecular formula is C45H74N2O6. The number of fused-ring (bicyclic) bond motifs is 7. The van der Waals surface area contributed by atoms with Crippen LogP contribution in [0, 0.1) is 62.1 Å². The fraction of sp³-hybridized carbons (Fsp3) is 0.889. The van der Waals surface area contributed by atoms with E-state index in [1.54, 1.807) is 13.8 Å². The molecule has 0 saturated heterocycles. The SMILES string of the molecule is CNCCN(CC1CCC1)CC(O)C12CCC3(C)C(CCC4C5(C)CCC(OC(=O)CC(C)(C)C(=O)O)C(C)(C)C5CCC43C)C1=C(C(C)C)C(=O)C2. The molecule has 0 amide bonds. The van der Waals surface area contributed by atoms with Crippen LogP contribution in [0.25, 0.3) is 0 Å².